The van der Waals surface area contributed by atoms with Crippen LogP contribution in [0.5, 0.6) is 0 Å². The Labute approximate surface area is 167 Å². The Morgan fingerprint density at radius 3 is 2.64 bits per heavy atom. The lowest BCUT2D eigenvalue weighted by Gasteiger charge is -2.50. The molecule has 148 valence electrons. The summed E-state index contributed by atoms with van der Waals surface area (Å²) >= 11 is 6.16. The van der Waals surface area contributed by atoms with Crippen LogP contribution < -0.4 is 0 Å². The zero-order chi connectivity index (χ0) is 19.5. The summed E-state index contributed by atoms with van der Waals surface area (Å²) in [5.74, 6) is 0.311. The van der Waals surface area contributed by atoms with Gasteiger partial charge in [-0.2, -0.15) is 5.10 Å². The molecule has 2 amide bonds. The van der Waals surface area contributed by atoms with E-state index in [0.29, 0.717) is 43.2 Å². The lowest BCUT2D eigenvalue weighted by atomic mass is 9.78. The predicted octanol–water partition coefficient (Wildman–Crippen LogP) is 1.72. The van der Waals surface area contributed by atoms with Crippen molar-refractivity contribution in [3.05, 3.63) is 34.6 Å². The first-order valence-electron chi connectivity index (χ1n) is 9.82. The highest BCUT2D eigenvalue weighted by Crippen LogP contribution is 2.45. The van der Waals surface area contributed by atoms with Crippen LogP contribution in [0.25, 0.3) is 0 Å². The van der Waals surface area contributed by atoms with E-state index < -0.39 is 5.54 Å². The molecule has 0 atom stereocenters. The summed E-state index contributed by atoms with van der Waals surface area (Å²) in [5.41, 5.74) is 2.10. The molecule has 5 rings (SSSR count). The van der Waals surface area contributed by atoms with Crippen LogP contribution in [0.1, 0.15) is 47.6 Å². The second-order valence-electron chi connectivity index (χ2n) is 8.03. The van der Waals surface area contributed by atoms with Crippen LogP contribution in [0, 0.1) is 5.92 Å². The Kier molecular flexibility index (Phi) is 4.01. The SMILES string of the molecule is Cn1ncc(Cl)c1C(=O)N1CCC2(CC1)c1nc[nH]c1CCN2C(=O)C1CC1. The van der Waals surface area contributed by atoms with Crippen molar-refractivity contribution in [1.82, 2.24) is 29.5 Å². The van der Waals surface area contributed by atoms with Gasteiger partial charge in [-0.05, 0) is 25.7 Å². The van der Waals surface area contributed by atoms with Crippen LogP contribution in [0.4, 0.5) is 0 Å². The minimum Gasteiger partial charge on any atom is -0.348 e. The zero-order valence-corrected chi connectivity index (χ0v) is 16.6. The number of hydrogen-bond donors (Lipinski definition) is 1. The van der Waals surface area contributed by atoms with Gasteiger partial charge >= 0.3 is 0 Å². The monoisotopic (exact) mass is 402 g/mol. The molecule has 0 bridgehead atoms. The van der Waals surface area contributed by atoms with Crippen LogP contribution in [0.15, 0.2) is 12.5 Å². The van der Waals surface area contributed by atoms with E-state index in [1.165, 1.54) is 10.9 Å². The van der Waals surface area contributed by atoms with Crippen molar-refractivity contribution >= 4 is 23.4 Å². The van der Waals surface area contributed by atoms with Gasteiger partial charge in [0, 0.05) is 44.7 Å². The van der Waals surface area contributed by atoms with Gasteiger partial charge < -0.3 is 14.8 Å². The van der Waals surface area contributed by atoms with Crippen LogP contribution in [-0.4, -0.2) is 61.0 Å². The molecule has 1 spiro atoms. The lowest BCUT2D eigenvalue weighted by Crippen LogP contribution is -2.59. The predicted molar refractivity (Wildman–Crippen MR) is 102 cm³/mol. The number of rotatable bonds is 2. The number of amides is 2. The highest BCUT2D eigenvalue weighted by molar-refractivity contribution is 6.33. The minimum absolute atomic E-state index is 0.113. The largest absolute Gasteiger partial charge is 0.348 e. The molecular formula is C19H23ClN6O2. The van der Waals surface area contributed by atoms with Crippen LogP contribution in [0.2, 0.25) is 5.02 Å². The first kappa shape index (κ1) is 17.7. The van der Waals surface area contributed by atoms with E-state index in [9.17, 15) is 9.59 Å². The molecule has 8 nitrogen and oxygen atoms in total. The maximum Gasteiger partial charge on any atom is 0.273 e. The maximum absolute atomic E-state index is 13.0. The fourth-order valence-electron chi connectivity index (χ4n) is 4.74. The smallest absolute Gasteiger partial charge is 0.273 e. The number of likely N-dealkylation sites (tertiary alicyclic amines) is 1. The van der Waals surface area contributed by atoms with Gasteiger partial charge in [0.1, 0.15) is 5.69 Å². The van der Waals surface area contributed by atoms with E-state index in [1.54, 1.807) is 13.4 Å². The first-order chi connectivity index (χ1) is 13.5. The third-order valence-electron chi connectivity index (χ3n) is 6.43. The van der Waals surface area contributed by atoms with Crippen molar-refractivity contribution in [3.63, 3.8) is 0 Å². The molecule has 2 fully saturated rings. The number of aryl methyl sites for hydroxylation is 1. The van der Waals surface area contributed by atoms with Gasteiger partial charge in [-0.15, -0.1) is 0 Å². The number of aromatic amines is 1. The minimum atomic E-state index is -0.416. The Hall–Kier alpha value is -2.35. The summed E-state index contributed by atoms with van der Waals surface area (Å²) in [4.78, 5) is 37.7. The molecule has 1 saturated carbocycles. The van der Waals surface area contributed by atoms with Crippen molar-refractivity contribution in [2.24, 2.45) is 13.0 Å². The Bertz CT molecular complexity index is 919. The van der Waals surface area contributed by atoms with Crippen molar-refractivity contribution in [2.45, 2.75) is 37.6 Å². The van der Waals surface area contributed by atoms with Crippen molar-refractivity contribution in [2.75, 3.05) is 19.6 Å². The molecule has 1 saturated heterocycles. The number of imidazole rings is 1. The number of halogens is 1. The normalized spacial score (nSPS) is 21.1. The summed E-state index contributed by atoms with van der Waals surface area (Å²) in [7, 11) is 1.72. The molecule has 9 heteroatoms. The molecule has 3 aliphatic rings. The number of nitrogens with one attached hydrogen (secondary N) is 1. The zero-order valence-electron chi connectivity index (χ0n) is 15.8. The number of fused-ring (bicyclic) bond motifs is 2. The maximum atomic E-state index is 13.0. The molecule has 2 aromatic heterocycles. The van der Waals surface area contributed by atoms with Gasteiger partial charge in [0.05, 0.1) is 28.8 Å². The molecule has 28 heavy (non-hydrogen) atoms. The molecule has 2 aromatic rings. The van der Waals surface area contributed by atoms with E-state index in [1.807, 2.05) is 4.90 Å². The van der Waals surface area contributed by atoms with Gasteiger partial charge in [0.25, 0.3) is 5.91 Å². The highest BCUT2D eigenvalue weighted by atomic mass is 35.5. The second kappa shape index (κ2) is 6.34. The van der Waals surface area contributed by atoms with Gasteiger partial charge in [0.2, 0.25) is 5.91 Å². The fraction of sp³-hybridized carbons (Fsp3) is 0.579. The third-order valence-corrected chi connectivity index (χ3v) is 6.70. The van der Waals surface area contributed by atoms with Gasteiger partial charge in [-0.25, -0.2) is 4.98 Å². The standard InChI is InChI=1S/C19H23ClN6O2/c1-24-15(13(20)10-23-24)18(28)25-8-5-19(6-9-25)16-14(21-11-22-16)4-7-26(19)17(27)12-2-3-12/h10-12H,2-9H2,1H3,(H,21,22). The van der Waals surface area contributed by atoms with Crippen LogP contribution >= 0.6 is 11.6 Å². The third kappa shape index (κ3) is 2.57. The van der Waals surface area contributed by atoms with Crippen LogP contribution in [0.3, 0.4) is 0 Å². The Morgan fingerprint density at radius 2 is 2.00 bits per heavy atom. The molecule has 0 unspecified atom stereocenters. The van der Waals surface area contributed by atoms with Crippen molar-refractivity contribution in [3.8, 4) is 0 Å². The summed E-state index contributed by atoms with van der Waals surface area (Å²) in [6.45, 7) is 1.83. The van der Waals surface area contributed by atoms with Crippen LogP contribution in [-0.2, 0) is 23.8 Å². The summed E-state index contributed by atoms with van der Waals surface area (Å²) in [6, 6.07) is 0. The molecular weight excluding hydrogens is 380 g/mol. The number of carbonyl (C=O) groups is 2. The first-order valence-corrected chi connectivity index (χ1v) is 10.2. The number of piperidine rings is 1. The van der Waals surface area contributed by atoms with E-state index in [0.717, 1.165) is 30.7 Å². The topological polar surface area (TPSA) is 87.1 Å². The molecule has 0 aromatic carbocycles. The van der Waals surface area contributed by atoms with Gasteiger partial charge in [-0.3, -0.25) is 14.3 Å². The average Bonchev–Trinajstić information content (AvgIpc) is 3.34. The second-order valence-corrected chi connectivity index (χ2v) is 8.44. The summed E-state index contributed by atoms with van der Waals surface area (Å²) in [6.07, 6.45) is 7.38. The van der Waals surface area contributed by atoms with E-state index in [4.69, 9.17) is 11.6 Å². The number of hydrogen-bond acceptors (Lipinski definition) is 4. The molecule has 4 heterocycles. The Morgan fingerprint density at radius 1 is 1.25 bits per heavy atom. The molecule has 2 aliphatic heterocycles. The molecule has 1 N–H and O–H groups in total. The number of carbonyl (C=O) groups excluding carboxylic acids is 2. The van der Waals surface area contributed by atoms with Crippen molar-refractivity contribution in [1.29, 1.82) is 0 Å². The van der Waals surface area contributed by atoms with E-state index >= 15 is 0 Å². The number of H-pyrrole nitrogens is 1. The summed E-state index contributed by atoms with van der Waals surface area (Å²) in [5, 5.41) is 4.44. The van der Waals surface area contributed by atoms with Crippen molar-refractivity contribution < 1.29 is 9.59 Å². The highest BCUT2D eigenvalue weighted by Gasteiger charge is 2.51. The molecule has 1 aliphatic carbocycles. The lowest BCUT2D eigenvalue weighted by molar-refractivity contribution is -0.143. The van der Waals surface area contributed by atoms with E-state index in [-0.39, 0.29) is 17.7 Å². The number of nitrogens with zero attached hydrogens (tertiary/aromatic N) is 5. The molecule has 0 radical (unpaired) electrons. The fourth-order valence-corrected chi connectivity index (χ4v) is 4.98. The summed E-state index contributed by atoms with van der Waals surface area (Å²) < 4.78 is 1.52. The average molecular weight is 403 g/mol. The quantitative estimate of drug-likeness (QED) is 0.828. The van der Waals surface area contributed by atoms with Gasteiger partial charge in [-0.1, -0.05) is 11.6 Å². The number of aromatic nitrogens is 4. The Balaban J connectivity index is 1.42. The van der Waals surface area contributed by atoms with Gasteiger partial charge in [0.15, 0.2) is 0 Å². The van der Waals surface area contributed by atoms with E-state index in [2.05, 4.69) is 20.0 Å².